The molecule has 0 rings (SSSR count). The molecular weight excluding hydrogens is 562 g/mol. The van der Waals surface area contributed by atoms with Crippen LogP contribution < -0.4 is 0 Å². The highest BCUT2D eigenvalue weighted by Gasteiger charge is 2.52. The number of hydrogen-bond donors (Lipinski definition) is 0. The van der Waals surface area contributed by atoms with Gasteiger partial charge in [-0.3, -0.25) is 9.59 Å². The molecule has 0 heterocycles. The van der Waals surface area contributed by atoms with E-state index in [4.69, 9.17) is 0 Å². The van der Waals surface area contributed by atoms with Crippen molar-refractivity contribution in [3.05, 3.63) is 24.3 Å². The highest BCUT2D eigenvalue weighted by Crippen LogP contribution is 2.39. The molecule has 0 spiro atoms. The molecule has 0 aliphatic carbocycles. The molecule has 0 aromatic heterocycles. The monoisotopic (exact) mass is 644 g/mol. The summed E-state index contributed by atoms with van der Waals surface area (Å²) in [6.45, 7) is 10.6. The summed E-state index contributed by atoms with van der Waals surface area (Å²) in [7, 11) is 4.01. The van der Waals surface area contributed by atoms with Crippen LogP contribution in [0.3, 0.4) is 0 Å². The van der Waals surface area contributed by atoms with Crippen LogP contribution in [0.15, 0.2) is 24.3 Å². The Balaban J connectivity index is 4.28. The van der Waals surface area contributed by atoms with Crippen molar-refractivity contribution in [2.45, 2.75) is 220 Å². The van der Waals surface area contributed by atoms with Crippen molar-refractivity contribution < 1.29 is 9.59 Å². The van der Waals surface area contributed by atoms with E-state index in [1.54, 1.807) is 0 Å². The van der Waals surface area contributed by atoms with Crippen LogP contribution in [0, 0.1) is 5.41 Å². The Hall–Kier alpha value is -1.22. The second kappa shape index (κ2) is 29.9. The first-order valence-electron chi connectivity index (χ1n) is 20.2. The molecule has 0 unspecified atom stereocenters. The molecule has 46 heavy (non-hydrogen) atoms. The molecule has 3 heteroatoms. The average molecular weight is 644 g/mol. The normalized spacial score (nSPS) is 12.7. The molecule has 3 nitrogen and oxygen atoms in total. The van der Waals surface area contributed by atoms with Gasteiger partial charge >= 0.3 is 0 Å². The topological polar surface area (TPSA) is 37.4 Å². The minimum Gasteiger partial charge on any atom is -0.303 e. The van der Waals surface area contributed by atoms with E-state index >= 15 is 0 Å². The summed E-state index contributed by atoms with van der Waals surface area (Å²) < 4.78 is 0. The summed E-state index contributed by atoms with van der Waals surface area (Å²) in [6.07, 6.45) is 42.9. The van der Waals surface area contributed by atoms with Crippen LogP contribution in [0.5, 0.6) is 0 Å². The van der Waals surface area contributed by atoms with Crippen LogP contribution in [0.4, 0.5) is 0 Å². The standard InChI is InChI=1S/C43H81NO2/c1-8-10-12-14-16-18-20-22-24-26-28-30-32-34-36-38-40(45)43(5,42(3,4)44(6)7)41(46)39-37-35-33-31-29-27-25-23-21-19-17-15-13-11-9-2/h22-25H,8-21,26-39H2,1-7H3/b24-22-,25-23-. The van der Waals surface area contributed by atoms with Crippen molar-refractivity contribution in [3.8, 4) is 0 Å². The van der Waals surface area contributed by atoms with Gasteiger partial charge in [0.25, 0.3) is 0 Å². The van der Waals surface area contributed by atoms with Crippen molar-refractivity contribution in [2.24, 2.45) is 5.41 Å². The first kappa shape index (κ1) is 44.8. The van der Waals surface area contributed by atoms with Gasteiger partial charge in [0.2, 0.25) is 0 Å². The fourth-order valence-electron chi connectivity index (χ4n) is 6.50. The predicted octanol–water partition coefficient (Wildman–Crippen LogP) is 13.5. The number of carbonyl (C=O) groups excluding carboxylic acids is 2. The van der Waals surface area contributed by atoms with E-state index in [-0.39, 0.29) is 11.6 Å². The molecule has 0 bridgehead atoms. The van der Waals surface area contributed by atoms with E-state index in [1.165, 1.54) is 141 Å². The van der Waals surface area contributed by atoms with Crippen molar-refractivity contribution in [3.63, 3.8) is 0 Å². The third kappa shape index (κ3) is 20.9. The molecule has 0 aliphatic heterocycles. The first-order chi connectivity index (χ1) is 22.2. The molecule has 0 amide bonds. The highest BCUT2D eigenvalue weighted by atomic mass is 16.2. The lowest BCUT2D eigenvalue weighted by Crippen LogP contribution is -2.59. The molecule has 0 aromatic rings. The molecule has 0 radical (unpaired) electrons. The zero-order valence-corrected chi connectivity index (χ0v) is 32.4. The van der Waals surface area contributed by atoms with Gasteiger partial charge in [0.15, 0.2) is 0 Å². The zero-order valence-electron chi connectivity index (χ0n) is 32.4. The Morgan fingerprint density at radius 1 is 0.435 bits per heavy atom. The third-order valence-corrected chi connectivity index (χ3v) is 10.8. The van der Waals surface area contributed by atoms with E-state index in [0.29, 0.717) is 12.8 Å². The Labute approximate surface area is 289 Å². The van der Waals surface area contributed by atoms with Gasteiger partial charge in [-0.15, -0.1) is 0 Å². The summed E-state index contributed by atoms with van der Waals surface area (Å²) in [6, 6.07) is 0. The third-order valence-electron chi connectivity index (χ3n) is 10.8. The molecule has 270 valence electrons. The lowest BCUT2D eigenvalue weighted by atomic mass is 9.64. The molecule has 0 aliphatic rings. The van der Waals surface area contributed by atoms with Crippen LogP contribution in [0.1, 0.15) is 214 Å². The number of allylic oxidation sites excluding steroid dienone is 4. The molecule has 0 saturated carbocycles. The number of ketones is 2. The van der Waals surface area contributed by atoms with E-state index in [2.05, 4.69) is 56.9 Å². The van der Waals surface area contributed by atoms with E-state index in [0.717, 1.165) is 25.7 Å². The van der Waals surface area contributed by atoms with Crippen LogP contribution in [-0.2, 0) is 9.59 Å². The fourth-order valence-corrected chi connectivity index (χ4v) is 6.50. The maximum Gasteiger partial charge on any atom is 0.147 e. The van der Waals surface area contributed by atoms with Crippen molar-refractivity contribution in [1.82, 2.24) is 4.90 Å². The smallest absolute Gasteiger partial charge is 0.147 e. The summed E-state index contributed by atoms with van der Waals surface area (Å²) in [5.41, 5.74) is -1.47. The predicted molar refractivity (Wildman–Crippen MR) is 205 cm³/mol. The fraction of sp³-hybridized carbons (Fsp3) is 0.860. The van der Waals surface area contributed by atoms with Gasteiger partial charge in [-0.05, 0) is 99.1 Å². The van der Waals surface area contributed by atoms with Gasteiger partial charge in [0, 0.05) is 18.4 Å². The zero-order chi connectivity index (χ0) is 34.4. The summed E-state index contributed by atoms with van der Waals surface area (Å²) in [5.74, 6) is 0.281. The van der Waals surface area contributed by atoms with E-state index < -0.39 is 11.0 Å². The van der Waals surface area contributed by atoms with Gasteiger partial charge in [-0.25, -0.2) is 0 Å². The molecule has 0 N–H and O–H groups in total. The maximum atomic E-state index is 13.7. The first-order valence-corrected chi connectivity index (χ1v) is 20.2. The summed E-state index contributed by atoms with van der Waals surface area (Å²) >= 11 is 0. The average Bonchev–Trinajstić information content (AvgIpc) is 3.03. The lowest BCUT2D eigenvalue weighted by molar-refractivity contribution is -0.148. The largest absolute Gasteiger partial charge is 0.303 e. The number of nitrogens with zero attached hydrogens (tertiary/aromatic N) is 1. The van der Waals surface area contributed by atoms with Crippen molar-refractivity contribution in [1.29, 1.82) is 0 Å². The molecule has 0 atom stereocenters. The number of rotatable bonds is 34. The Kier molecular flexibility index (Phi) is 29.1. The Bertz CT molecular complexity index is 726. The van der Waals surface area contributed by atoms with Crippen LogP contribution >= 0.6 is 0 Å². The lowest BCUT2D eigenvalue weighted by Gasteiger charge is -2.46. The van der Waals surface area contributed by atoms with Crippen LogP contribution in [-0.4, -0.2) is 36.1 Å². The summed E-state index contributed by atoms with van der Waals surface area (Å²) in [5, 5.41) is 0. The highest BCUT2D eigenvalue weighted by molar-refractivity contribution is 6.08. The molecule has 0 saturated heterocycles. The van der Waals surface area contributed by atoms with Gasteiger partial charge in [-0.1, -0.05) is 141 Å². The number of carbonyl (C=O) groups is 2. The SMILES string of the molecule is CCCCCCCC/C=C\CCCCCCCC(=O)C(C)(C(=O)CCCCCCC/C=C\CCCCCCCC)C(C)(C)N(C)C. The van der Waals surface area contributed by atoms with Gasteiger partial charge in [0.1, 0.15) is 17.0 Å². The number of unbranched alkanes of at least 4 members (excludes halogenated alkanes) is 22. The Morgan fingerprint density at radius 3 is 0.978 bits per heavy atom. The number of Topliss-reactive ketones (excluding diaryl/α,β-unsaturated/α-hetero) is 2. The van der Waals surface area contributed by atoms with E-state index in [1.807, 2.05) is 21.0 Å². The number of hydrogen-bond acceptors (Lipinski definition) is 3. The second-order valence-electron chi connectivity index (χ2n) is 15.1. The maximum absolute atomic E-state index is 13.7. The van der Waals surface area contributed by atoms with E-state index in [9.17, 15) is 9.59 Å². The second-order valence-corrected chi connectivity index (χ2v) is 15.1. The van der Waals surface area contributed by atoms with Crippen LogP contribution in [0.25, 0.3) is 0 Å². The molecular formula is C43H81NO2. The Morgan fingerprint density at radius 2 is 0.696 bits per heavy atom. The molecule has 0 aromatic carbocycles. The van der Waals surface area contributed by atoms with Gasteiger partial charge in [-0.2, -0.15) is 0 Å². The van der Waals surface area contributed by atoms with Gasteiger partial charge in [0.05, 0.1) is 0 Å². The summed E-state index contributed by atoms with van der Waals surface area (Å²) in [4.78, 5) is 29.4. The van der Waals surface area contributed by atoms with Crippen molar-refractivity contribution >= 4 is 11.6 Å². The molecule has 0 fully saturated rings. The van der Waals surface area contributed by atoms with Crippen molar-refractivity contribution in [2.75, 3.05) is 14.1 Å². The van der Waals surface area contributed by atoms with Crippen LogP contribution in [0.2, 0.25) is 0 Å². The quantitative estimate of drug-likeness (QED) is 0.0398. The minimum absolute atomic E-state index is 0.140. The van der Waals surface area contributed by atoms with Gasteiger partial charge < -0.3 is 4.90 Å². The minimum atomic E-state index is -0.960.